The molecule has 1 saturated heterocycles. The SMILES string of the molecule is CC(=O)Nc1ccc(NC(=O)C2CNC(=O)C2)cc1C. The van der Waals surface area contributed by atoms with Crippen LogP contribution in [0.4, 0.5) is 11.4 Å². The minimum Gasteiger partial charge on any atom is -0.355 e. The normalized spacial score (nSPS) is 17.5. The summed E-state index contributed by atoms with van der Waals surface area (Å²) in [5, 5.41) is 8.12. The molecule has 1 atom stereocenters. The number of carbonyl (C=O) groups is 3. The fraction of sp³-hybridized carbons (Fsp3) is 0.357. The molecule has 1 unspecified atom stereocenters. The fourth-order valence-corrected chi connectivity index (χ4v) is 2.11. The van der Waals surface area contributed by atoms with Gasteiger partial charge in [0.1, 0.15) is 0 Å². The molecule has 6 nitrogen and oxygen atoms in total. The fourth-order valence-electron chi connectivity index (χ4n) is 2.11. The van der Waals surface area contributed by atoms with Crippen LogP contribution in [0.1, 0.15) is 18.9 Å². The summed E-state index contributed by atoms with van der Waals surface area (Å²) in [5.41, 5.74) is 2.23. The van der Waals surface area contributed by atoms with Crippen LogP contribution < -0.4 is 16.0 Å². The molecule has 1 aromatic carbocycles. The first kappa shape index (κ1) is 14.0. The second-order valence-electron chi connectivity index (χ2n) is 4.91. The van der Waals surface area contributed by atoms with E-state index in [1.807, 2.05) is 6.92 Å². The number of aryl methyl sites for hydroxylation is 1. The van der Waals surface area contributed by atoms with Gasteiger partial charge in [0, 0.05) is 31.3 Å². The van der Waals surface area contributed by atoms with Gasteiger partial charge in [0.15, 0.2) is 0 Å². The smallest absolute Gasteiger partial charge is 0.229 e. The van der Waals surface area contributed by atoms with Gasteiger partial charge in [-0.1, -0.05) is 0 Å². The molecule has 1 aliphatic rings. The minimum atomic E-state index is -0.321. The molecule has 0 aliphatic carbocycles. The number of benzene rings is 1. The van der Waals surface area contributed by atoms with Gasteiger partial charge in [-0.3, -0.25) is 14.4 Å². The van der Waals surface area contributed by atoms with Crippen molar-refractivity contribution in [2.45, 2.75) is 20.3 Å². The summed E-state index contributed by atoms with van der Waals surface area (Å²) in [4.78, 5) is 34.1. The molecule has 0 saturated carbocycles. The third-order valence-electron chi connectivity index (χ3n) is 3.15. The Kier molecular flexibility index (Phi) is 4.02. The summed E-state index contributed by atoms with van der Waals surface area (Å²) < 4.78 is 0. The minimum absolute atomic E-state index is 0.0951. The van der Waals surface area contributed by atoms with Crippen LogP contribution in [0.3, 0.4) is 0 Å². The molecule has 3 N–H and O–H groups in total. The molecule has 1 aliphatic heterocycles. The average molecular weight is 275 g/mol. The van der Waals surface area contributed by atoms with Crippen LogP contribution in [0.2, 0.25) is 0 Å². The highest BCUT2D eigenvalue weighted by Crippen LogP contribution is 2.21. The Morgan fingerprint density at radius 3 is 2.60 bits per heavy atom. The molecule has 20 heavy (non-hydrogen) atoms. The Labute approximate surface area is 116 Å². The summed E-state index contributed by atoms with van der Waals surface area (Å²) in [5.74, 6) is -0.726. The third kappa shape index (κ3) is 3.34. The summed E-state index contributed by atoms with van der Waals surface area (Å²) in [6.07, 6.45) is 0.231. The highest BCUT2D eigenvalue weighted by Gasteiger charge is 2.27. The van der Waals surface area contributed by atoms with E-state index in [-0.39, 0.29) is 30.1 Å². The largest absolute Gasteiger partial charge is 0.355 e. The summed E-state index contributed by atoms with van der Waals surface area (Å²) in [6, 6.07) is 5.25. The highest BCUT2D eigenvalue weighted by molar-refractivity contribution is 5.97. The number of amides is 3. The summed E-state index contributed by atoms with van der Waals surface area (Å²) in [7, 11) is 0. The van der Waals surface area contributed by atoms with Crippen LogP contribution in [0.25, 0.3) is 0 Å². The van der Waals surface area contributed by atoms with Crippen LogP contribution in [0.15, 0.2) is 18.2 Å². The van der Waals surface area contributed by atoms with E-state index in [1.54, 1.807) is 18.2 Å². The van der Waals surface area contributed by atoms with Gasteiger partial charge < -0.3 is 16.0 Å². The van der Waals surface area contributed by atoms with Crippen molar-refractivity contribution < 1.29 is 14.4 Å². The van der Waals surface area contributed by atoms with Crippen molar-refractivity contribution in [3.8, 4) is 0 Å². The number of hydrogen-bond donors (Lipinski definition) is 3. The average Bonchev–Trinajstić information content (AvgIpc) is 2.79. The molecule has 106 valence electrons. The van der Waals surface area contributed by atoms with Crippen LogP contribution >= 0.6 is 0 Å². The Morgan fingerprint density at radius 1 is 1.30 bits per heavy atom. The number of hydrogen-bond acceptors (Lipinski definition) is 3. The van der Waals surface area contributed by atoms with Crippen LogP contribution in [-0.2, 0) is 14.4 Å². The van der Waals surface area contributed by atoms with Gasteiger partial charge in [0.25, 0.3) is 0 Å². The molecular weight excluding hydrogens is 258 g/mol. The molecule has 1 aromatic rings. The predicted octanol–water partition coefficient (Wildman–Crippen LogP) is 1.03. The zero-order valence-corrected chi connectivity index (χ0v) is 11.4. The van der Waals surface area contributed by atoms with Gasteiger partial charge in [-0.2, -0.15) is 0 Å². The van der Waals surface area contributed by atoms with E-state index in [0.29, 0.717) is 17.9 Å². The highest BCUT2D eigenvalue weighted by atomic mass is 16.2. The van der Waals surface area contributed by atoms with E-state index in [1.165, 1.54) is 6.92 Å². The van der Waals surface area contributed by atoms with Crippen LogP contribution in [0.5, 0.6) is 0 Å². The Morgan fingerprint density at radius 2 is 2.05 bits per heavy atom. The van der Waals surface area contributed by atoms with Gasteiger partial charge in [-0.25, -0.2) is 0 Å². The van der Waals surface area contributed by atoms with Crippen molar-refractivity contribution in [2.75, 3.05) is 17.2 Å². The monoisotopic (exact) mass is 275 g/mol. The molecule has 0 aromatic heterocycles. The van der Waals surface area contributed by atoms with Crippen molar-refractivity contribution in [1.29, 1.82) is 0 Å². The Hall–Kier alpha value is -2.37. The van der Waals surface area contributed by atoms with Gasteiger partial charge >= 0.3 is 0 Å². The van der Waals surface area contributed by atoms with E-state index in [0.717, 1.165) is 5.56 Å². The maximum absolute atomic E-state index is 12.0. The van der Waals surface area contributed by atoms with Crippen LogP contribution in [0, 0.1) is 12.8 Å². The number of rotatable bonds is 3. The lowest BCUT2D eigenvalue weighted by Gasteiger charge is -2.12. The molecular formula is C14H17N3O3. The third-order valence-corrected chi connectivity index (χ3v) is 3.15. The molecule has 0 spiro atoms. The quantitative estimate of drug-likeness (QED) is 0.770. The van der Waals surface area contributed by atoms with E-state index in [9.17, 15) is 14.4 Å². The topological polar surface area (TPSA) is 87.3 Å². The first-order valence-electron chi connectivity index (χ1n) is 6.41. The summed E-state index contributed by atoms with van der Waals surface area (Å²) in [6.45, 7) is 3.68. The lowest BCUT2D eigenvalue weighted by Crippen LogP contribution is -2.24. The maximum atomic E-state index is 12.0. The molecule has 6 heteroatoms. The molecule has 1 fully saturated rings. The second kappa shape index (κ2) is 5.73. The number of nitrogens with one attached hydrogen (secondary N) is 3. The van der Waals surface area contributed by atoms with E-state index < -0.39 is 0 Å². The standard InChI is InChI=1S/C14H17N3O3/c1-8-5-11(3-4-12(8)16-9(2)18)17-14(20)10-6-13(19)15-7-10/h3-5,10H,6-7H2,1-2H3,(H,15,19)(H,16,18)(H,17,20). The van der Waals surface area contributed by atoms with E-state index >= 15 is 0 Å². The van der Waals surface area contributed by atoms with Crippen molar-refractivity contribution in [3.05, 3.63) is 23.8 Å². The van der Waals surface area contributed by atoms with Gasteiger partial charge in [0.05, 0.1) is 5.92 Å². The first-order valence-corrected chi connectivity index (χ1v) is 6.41. The summed E-state index contributed by atoms with van der Waals surface area (Å²) >= 11 is 0. The Balaban J connectivity index is 2.03. The first-order chi connectivity index (χ1) is 9.45. The van der Waals surface area contributed by atoms with Crippen LogP contribution in [-0.4, -0.2) is 24.3 Å². The number of anilines is 2. The van der Waals surface area contributed by atoms with Crippen molar-refractivity contribution in [1.82, 2.24) is 5.32 Å². The molecule has 2 rings (SSSR count). The lowest BCUT2D eigenvalue weighted by atomic mass is 10.1. The number of carbonyl (C=O) groups excluding carboxylic acids is 3. The molecule has 1 heterocycles. The predicted molar refractivity (Wildman–Crippen MR) is 75.2 cm³/mol. The zero-order valence-electron chi connectivity index (χ0n) is 11.4. The molecule has 0 bridgehead atoms. The Bertz CT molecular complexity index is 569. The van der Waals surface area contributed by atoms with E-state index in [2.05, 4.69) is 16.0 Å². The molecule has 3 amide bonds. The van der Waals surface area contributed by atoms with Crippen molar-refractivity contribution in [2.24, 2.45) is 5.92 Å². The van der Waals surface area contributed by atoms with Gasteiger partial charge in [0.2, 0.25) is 17.7 Å². The van der Waals surface area contributed by atoms with Gasteiger partial charge in [-0.05, 0) is 30.7 Å². The second-order valence-corrected chi connectivity index (χ2v) is 4.91. The molecule has 0 radical (unpaired) electrons. The lowest BCUT2D eigenvalue weighted by molar-refractivity contribution is -0.123. The zero-order chi connectivity index (χ0) is 14.7. The van der Waals surface area contributed by atoms with Gasteiger partial charge in [-0.15, -0.1) is 0 Å². The van der Waals surface area contributed by atoms with E-state index in [4.69, 9.17) is 0 Å². The maximum Gasteiger partial charge on any atom is 0.229 e. The van der Waals surface area contributed by atoms with Crippen molar-refractivity contribution >= 4 is 29.1 Å². The van der Waals surface area contributed by atoms with Crippen molar-refractivity contribution in [3.63, 3.8) is 0 Å².